The molecule has 5 nitrogen and oxygen atoms in total. The number of aromatic nitrogens is 1. The highest BCUT2D eigenvalue weighted by Crippen LogP contribution is 1.95. The van der Waals surface area contributed by atoms with Gasteiger partial charge in [-0.1, -0.05) is 13.8 Å². The summed E-state index contributed by atoms with van der Waals surface area (Å²) < 4.78 is 4.94. The molecule has 2 N–H and O–H groups in total. The minimum absolute atomic E-state index is 0.251. The van der Waals surface area contributed by atoms with Crippen LogP contribution in [0.25, 0.3) is 0 Å². The van der Waals surface area contributed by atoms with E-state index < -0.39 is 6.09 Å². The predicted octanol–water partition coefficient (Wildman–Crippen LogP) is 1.84. The number of hydrogen-bond acceptors (Lipinski definition) is 4. The number of hydrogen-bond donors (Lipinski definition) is 2. The lowest BCUT2D eigenvalue weighted by molar-refractivity contribution is 0.138. The summed E-state index contributed by atoms with van der Waals surface area (Å²) in [7, 11) is 0. The molecule has 0 spiro atoms. The Morgan fingerprint density at radius 3 is 2.72 bits per heavy atom. The van der Waals surface area contributed by atoms with Crippen molar-refractivity contribution in [2.75, 3.05) is 6.61 Å². The topological polar surface area (TPSA) is 63.2 Å². The molecular formula is C12H17N3O2S. The molecule has 1 heterocycles. The Morgan fingerprint density at radius 1 is 1.44 bits per heavy atom. The van der Waals surface area contributed by atoms with Crippen LogP contribution in [0.3, 0.4) is 0 Å². The van der Waals surface area contributed by atoms with E-state index >= 15 is 0 Å². The van der Waals surface area contributed by atoms with Gasteiger partial charge in [0, 0.05) is 18.9 Å². The lowest BCUT2D eigenvalue weighted by Crippen LogP contribution is -2.39. The summed E-state index contributed by atoms with van der Waals surface area (Å²) in [5, 5.41) is 5.61. The Labute approximate surface area is 112 Å². The summed E-state index contributed by atoms with van der Waals surface area (Å²) in [6.45, 7) is 4.84. The Morgan fingerprint density at radius 2 is 2.11 bits per heavy atom. The summed E-state index contributed by atoms with van der Waals surface area (Å²) in [6, 6.07) is 3.74. The van der Waals surface area contributed by atoms with Gasteiger partial charge < -0.3 is 10.1 Å². The number of thiocarbonyl (C=S) groups is 1. The fourth-order valence-electron chi connectivity index (χ4n) is 1.10. The lowest BCUT2D eigenvalue weighted by atomic mass is 10.2. The largest absolute Gasteiger partial charge is 0.449 e. The van der Waals surface area contributed by atoms with Crippen LogP contribution in [0, 0.1) is 5.92 Å². The zero-order valence-electron chi connectivity index (χ0n) is 10.5. The third kappa shape index (κ3) is 6.15. The highest BCUT2D eigenvalue weighted by molar-refractivity contribution is 7.80. The van der Waals surface area contributed by atoms with Crippen molar-refractivity contribution in [1.82, 2.24) is 15.6 Å². The van der Waals surface area contributed by atoms with E-state index in [2.05, 4.69) is 15.6 Å². The van der Waals surface area contributed by atoms with Gasteiger partial charge in [-0.3, -0.25) is 10.3 Å². The van der Waals surface area contributed by atoms with Crippen LogP contribution in [0.2, 0.25) is 0 Å². The van der Waals surface area contributed by atoms with Gasteiger partial charge in [0.15, 0.2) is 5.11 Å². The van der Waals surface area contributed by atoms with Crippen molar-refractivity contribution in [3.8, 4) is 0 Å². The molecule has 0 bridgehead atoms. The second-order valence-corrected chi connectivity index (χ2v) is 4.56. The average Bonchev–Trinajstić information content (AvgIpc) is 2.35. The quantitative estimate of drug-likeness (QED) is 0.815. The Bertz CT molecular complexity index is 396. The molecule has 0 fully saturated rings. The van der Waals surface area contributed by atoms with Crippen LogP contribution in [0.4, 0.5) is 4.79 Å². The maximum Gasteiger partial charge on any atom is 0.413 e. The molecule has 6 heteroatoms. The number of pyridine rings is 1. The number of rotatable bonds is 4. The zero-order chi connectivity index (χ0) is 13.4. The summed E-state index contributed by atoms with van der Waals surface area (Å²) in [4.78, 5) is 15.2. The van der Waals surface area contributed by atoms with E-state index in [0.717, 1.165) is 5.56 Å². The molecule has 0 saturated carbocycles. The molecule has 0 aliphatic heterocycles. The van der Waals surface area contributed by atoms with Gasteiger partial charge in [-0.05, 0) is 35.8 Å². The van der Waals surface area contributed by atoms with Gasteiger partial charge in [0.25, 0.3) is 0 Å². The van der Waals surface area contributed by atoms with E-state index in [1.54, 1.807) is 12.4 Å². The maximum atomic E-state index is 11.3. The molecule has 1 rings (SSSR count). The van der Waals surface area contributed by atoms with Crippen molar-refractivity contribution in [3.05, 3.63) is 30.1 Å². The second-order valence-electron chi connectivity index (χ2n) is 4.16. The van der Waals surface area contributed by atoms with Gasteiger partial charge in [0.1, 0.15) is 0 Å². The second kappa shape index (κ2) is 7.60. The van der Waals surface area contributed by atoms with Gasteiger partial charge in [-0.2, -0.15) is 0 Å². The van der Waals surface area contributed by atoms with Crippen LogP contribution in [0.1, 0.15) is 19.4 Å². The van der Waals surface area contributed by atoms with Crippen molar-refractivity contribution in [1.29, 1.82) is 0 Å². The predicted molar refractivity (Wildman–Crippen MR) is 73.0 cm³/mol. The van der Waals surface area contributed by atoms with E-state index in [-0.39, 0.29) is 5.11 Å². The molecule has 1 amide bonds. The summed E-state index contributed by atoms with van der Waals surface area (Å²) in [5.74, 6) is 0.300. The van der Waals surface area contributed by atoms with Gasteiger partial charge in [0.2, 0.25) is 0 Å². The molecule has 98 valence electrons. The van der Waals surface area contributed by atoms with Crippen molar-refractivity contribution in [2.45, 2.75) is 20.4 Å². The number of amides is 1. The fourth-order valence-corrected chi connectivity index (χ4v) is 1.25. The van der Waals surface area contributed by atoms with E-state index in [1.165, 1.54) is 0 Å². The molecular weight excluding hydrogens is 250 g/mol. The zero-order valence-corrected chi connectivity index (χ0v) is 11.3. The minimum atomic E-state index is -0.532. The highest BCUT2D eigenvalue weighted by Gasteiger charge is 2.06. The number of ether oxygens (including phenoxy) is 1. The molecule has 18 heavy (non-hydrogen) atoms. The van der Waals surface area contributed by atoms with Gasteiger partial charge in [-0.15, -0.1) is 0 Å². The monoisotopic (exact) mass is 267 g/mol. The summed E-state index contributed by atoms with van der Waals surface area (Å²) in [6.07, 6.45) is 2.87. The van der Waals surface area contributed by atoms with E-state index in [0.29, 0.717) is 19.1 Å². The maximum absolute atomic E-state index is 11.3. The lowest BCUT2D eigenvalue weighted by Gasteiger charge is -2.11. The highest BCUT2D eigenvalue weighted by atomic mass is 32.1. The van der Waals surface area contributed by atoms with Crippen LogP contribution in [0.5, 0.6) is 0 Å². The van der Waals surface area contributed by atoms with Crippen LogP contribution >= 0.6 is 12.2 Å². The minimum Gasteiger partial charge on any atom is -0.449 e. The molecule has 0 unspecified atom stereocenters. The number of nitrogens with zero attached hydrogens (tertiary/aromatic N) is 1. The SMILES string of the molecule is CC(C)COC(=O)NC(=S)NCc1ccncc1. The average molecular weight is 267 g/mol. The first-order chi connectivity index (χ1) is 8.58. The van der Waals surface area contributed by atoms with Crippen LogP contribution < -0.4 is 10.6 Å². The normalized spacial score (nSPS) is 9.94. The third-order valence-electron chi connectivity index (χ3n) is 1.97. The number of alkyl carbamates (subject to hydrolysis) is 1. The molecule has 1 aromatic heterocycles. The van der Waals surface area contributed by atoms with Gasteiger partial charge >= 0.3 is 6.09 Å². The van der Waals surface area contributed by atoms with Crippen molar-refractivity contribution >= 4 is 23.4 Å². The first kappa shape index (κ1) is 14.4. The van der Waals surface area contributed by atoms with Gasteiger partial charge in [-0.25, -0.2) is 4.79 Å². The standard InChI is InChI=1S/C12H17N3O2S/c1-9(2)8-17-12(16)15-11(18)14-7-10-3-5-13-6-4-10/h3-6,9H,7-8H2,1-2H3,(H2,14,15,16,18). The fraction of sp³-hybridized carbons (Fsp3) is 0.417. The van der Waals surface area contributed by atoms with Crippen molar-refractivity contribution < 1.29 is 9.53 Å². The summed E-state index contributed by atoms with van der Waals surface area (Å²) in [5.41, 5.74) is 1.03. The molecule has 0 atom stereocenters. The molecule has 0 radical (unpaired) electrons. The number of carbonyl (C=O) groups excluding carboxylic acids is 1. The van der Waals surface area contributed by atoms with Crippen molar-refractivity contribution in [2.24, 2.45) is 5.92 Å². The Balaban J connectivity index is 2.23. The molecule has 0 saturated heterocycles. The van der Waals surface area contributed by atoms with E-state index in [1.807, 2.05) is 26.0 Å². The Hall–Kier alpha value is -1.69. The molecule has 0 aliphatic carbocycles. The first-order valence-corrected chi connectivity index (χ1v) is 6.09. The van der Waals surface area contributed by atoms with Crippen LogP contribution in [0.15, 0.2) is 24.5 Å². The molecule has 0 aromatic carbocycles. The summed E-state index contributed by atoms with van der Waals surface area (Å²) >= 11 is 4.97. The van der Waals surface area contributed by atoms with E-state index in [4.69, 9.17) is 17.0 Å². The van der Waals surface area contributed by atoms with Crippen molar-refractivity contribution in [3.63, 3.8) is 0 Å². The smallest absolute Gasteiger partial charge is 0.413 e. The third-order valence-corrected chi connectivity index (χ3v) is 2.21. The van der Waals surface area contributed by atoms with Gasteiger partial charge in [0.05, 0.1) is 6.61 Å². The number of carbonyl (C=O) groups is 1. The number of nitrogens with one attached hydrogen (secondary N) is 2. The molecule has 1 aromatic rings. The molecule has 0 aliphatic rings. The van der Waals surface area contributed by atoms with Crippen LogP contribution in [-0.2, 0) is 11.3 Å². The van der Waals surface area contributed by atoms with E-state index in [9.17, 15) is 4.79 Å². The Kier molecular flexibility index (Phi) is 6.07. The first-order valence-electron chi connectivity index (χ1n) is 5.68. The van der Waals surface area contributed by atoms with Crippen LogP contribution in [-0.4, -0.2) is 22.8 Å².